The summed E-state index contributed by atoms with van der Waals surface area (Å²) in [6.45, 7) is 0. The molecule has 2 rings (SSSR count). The van der Waals surface area contributed by atoms with E-state index in [0.717, 1.165) is 24.0 Å². The van der Waals surface area contributed by atoms with E-state index in [-0.39, 0.29) is 9.65 Å². The van der Waals surface area contributed by atoms with Crippen LogP contribution in [0.5, 0.6) is 0 Å². The Labute approximate surface area is 168 Å². The lowest BCUT2D eigenvalue weighted by Gasteiger charge is -2.04. The van der Waals surface area contributed by atoms with Crippen LogP contribution in [0, 0.1) is 23.7 Å². The lowest BCUT2D eigenvalue weighted by Crippen LogP contribution is -1.96. The molecule has 25 heavy (non-hydrogen) atoms. The van der Waals surface area contributed by atoms with Gasteiger partial charge >= 0.3 is 0 Å². The van der Waals surface area contributed by atoms with E-state index in [1.165, 1.54) is 19.3 Å². The maximum absolute atomic E-state index is 3.66. The molecule has 0 N–H and O–H groups in total. The zero-order valence-electron chi connectivity index (χ0n) is 14.2. The van der Waals surface area contributed by atoms with Crippen LogP contribution in [0.4, 0.5) is 0 Å². The van der Waals surface area contributed by atoms with E-state index in [1.807, 2.05) is 60.7 Å². The number of alkyl halides is 2. The average Bonchev–Trinajstić information content (AvgIpc) is 2.66. The zero-order valence-corrected chi connectivity index (χ0v) is 17.4. The summed E-state index contributed by atoms with van der Waals surface area (Å²) >= 11 is 7.32. The Kier molecular flexibility index (Phi) is 9.50. The minimum atomic E-state index is 0.269. The topological polar surface area (TPSA) is 0 Å². The molecule has 0 aromatic heterocycles. The van der Waals surface area contributed by atoms with Gasteiger partial charge < -0.3 is 0 Å². The fraction of sp³-hybridized carbons (Fsp3) is 0.304. The molecule has 0 aliphatic rings. The Morgan fingerprint density at radius 2 is 1.00 bits per heavy atom. The van der Waals surface area contributed by atoms with Crippen LogP contribution in [0.1, 0.15) is 43.2 Å². The molecule has 0 amide bonds. The molecule has 0 heterocycles. The zero-order chi connectivity index (χ0) is 17.7. The summed E-state index contributed by atoms with van der Waals surface area (Å²) in [7, 11) is 0. The standard InChI is InChI=1S/C23H22Br2/c24-22(18-16-20-10-4-1-5-11-20)14-8-3-9-15-23(25)19-17-21-12-6-2-7-13-21/h1-2,4-7,10-13,22-23H,3,8-9,14-15H2. The third-order valence-corrected chi connectivity index (χ3v) is 5.08. The Hall–Kier alpha value is -1.48. The van der Waals surface area contributed by atoms with Crippen molar-refractivity contribution in [2.24, 2.45) is 0 Å². The first kappa shape index (κ1) is 19.8. The molecule has 0 radical (unpaired) electrons. The molecular weight excluding hydrogens is 436 g/mol. The second-order valence-electron chi connectivity index (χ2n) is 5.84. The van der Waals surface area contributed by atoms with Gasteiger partial charge in [0.15, 0.2) is 0 Å². The van der Waals surface area contributed by atoms with Crippen LogP contribution in [-0.4, -0.2) is 9.65 Å². The summed E-state index contributed by atoms with van der Waals surface area (Å²) in [6, 6.07) is 20.3. The van der Waals surface area contributed by atoms with Gasteiger partial charge in [0, 0.05) is 11.1 Å². The van der Waals surface area contributed by atoms with Crippen LogP contribution in [0.3, 0.4) is 0 Å². The number of unbranched alkanes of at least 4 members (excludes halogenated alkanes) is 2. The fourth-order valence-electron chi connectivity index (χ4n) is 2.33. The minimum Gasteiger partial charge on any atom is -0.0829 e. The molecule has 2 atom stereocenters. The lowest BCUT2D eigenvalue weighted by molar-refractivity contribution is 0.639. The Bertz CT molecular complexity index is 664. The van der Waals surface area contributed by atoms with Crippen LogP contribution in [0.25, 0.3) is 0 Å². The first-order chi connectivity index (χ1) is 12.2. The van der Waals surface area contributed by atoms with Crippen molar-refractivity contribution in [3.8, 4) is 23.7 Å². The van der Waals surface area contributed by atoms with Crippen LogP contribution < -0.4 is 0 Å². The summed E-state index contributed by atoms with van der Waals surface area (Å²) in [5, 5.41) is 0. The number of benzene rings is 2. The van der Waals surface area contributed by atoms with Crippen LogP contribution in [0.15, 0.2) is 60.7 Å². The molecule has 0 saturated heterocycles. The predicted molar refractivity (Wildman–Crippen MR) is 115 cm³/mol. The van der Waals surface area contributed by atoms with Gasteiger partial charge in [0.1, 0.15) is 0 Å². The van der Waals surface area contributed by atoms with Gasteiger partial charge in [-0.1, -0.05) is 111 Å². The van der Waals surface area contributed by atoms with Gasteiger partial charge in [0.25, 0.3) is 0 Å². The van der Waals surface area contributed by atoms with Crippen molar-refractivity contribution in [2.75, 3.05) is 0 Å². The fourth-order valence-corrected chi connectivity index (χ4v) is 3.21. The number of hydrogen-bond acceptors (Lipinski definition) is 0. The van der Waals surface area contributed by atoms with Crippen molar-refractivity contribution in [1.82, 2.24) is 0 Å². The van der Waals surface area contributed by atoms with Crippen molar-refractivity contribution in [3.05, 3.63) is 71.8 Å². The van der Waals surface area contributed by atoms with E-state index in [0.29, 0.717) is 0 Å². The van der Waals surface area contributed by atoms with Crippen molar-refractivity contribution < 1.29 is 0 Å². The predicted octanol–water partition coefficient (Wildman–Crippen LogP) is 6.57. The van der Waals surface area contributed by atoms with Crippen LogP contribution in [0.2, 0.25) is 0 Å². The summed E-state index contributed by atoms with van der Waals surface area (Å²) in [4.78, 5) is 0.538. The van der Waals surface area contributed by atoms with E-state index < -0.39 is 0 Å². The second-order valence-corrected chi connectivity index (χ2v) is 8.05. The highest BCUT2D eigenvalue weighted by Crippen LogP contribution is 2.15. The van der Waals surface area contributed by atoms with E-state index in [9.17, 15) is 0 Å². The Morgan fingerprint density at radius 3 is 1.40 bits per heavy atom. The summed E-state index contributed by atoms with van der Waals surface area (Å²) in [6.07, 6.45) is 5.76. The molecule has 0 spiro atoms. The molecule has 2 aromatic rings. The molecule has 0 nitrogen and oxygen atoms in total. The molecule has 128 valence electrons. The maximum atomic E-state index is 3.66. The van der Waals surface area contributed by atoms with E-state index in [1.54, 1.807) is 0 Å². The third-order valence-electron chi connectivity index (χ3n) is 3.71. The first-order valence-corrected chi connectivity index (χ1v) is 10.5. The van der Waals surface area contributed by atoms with Gasteiger partial charge in [-0.25, -0.2) is 0 Å². The second kappa shape index (κ2) is 12.0. The van der Waals surface area contributed by atoms with Gasteiger partial charge in [0.05, 0.1) is 9.65 Å². The van der Waals surface area contributed by atoms with Crippen molar-refractivity contribution >= 4 is 31.9 Å². The minimum absolute atomic E-state index is 0.269. The van der Waals surface area contributed by atoms with Crippen molar-refractivity contribution in [1.29, 1.82) is 0 Å². The highest BCUT2D eigenvalue weighted by Gasteiger charge is 2.02. The Balaban J connectivity index is 1.60. The quantitative estimate of drug-likeness (QED) is 0.261. The molecule has 2 heteroatoms. The number of halogens is 2. The molecular formula is C23H22Br2. The maximum Gasteiger partial charge on any atom is 0.0758 e. The van der Waals surface area contributed by atoms with Gasteiger partial charge in [-0.2, -0.15) is 0 Å². The molecule has 0 aliphatic carbocycles. The van der Waals surface area contributed by atoms with E-state index in [2.05, 4.69) is 55.5 Å². The van der Waals surface area contributed by atoms with Crippen LogP contribution >= 0.6 is 31.9 Å². The van der Waals surface area contributed by atoms with Gasteiger partial charge in [0.2, 0.25) is 0 Å². The highest BCUT2D eigenvalue weighted by molar-refractivity contribution is 9.09. The van der Waals surface area contributed by atoms with Gasteiger partial charge in [-0.15, -0.1) is 0 Å². The van der Waals surface area contributed by atoms with Crippen LogP contribution in [-0.2, 0) is 0 Å². The first-order valence-electron chi connectivity index (χ1n) is 8.65. The molecule has 0 fully saturated rings. The largest absolute Gasteiger partial charge is 0.0829 e. The van der Waals surface area contributed by atoms with Crippen molar-refractivity contribution in [2.45, 2.75) is 41.8 Å². The molecule has 0 saturated carbocycles. The number of hydrogen-bond donors (Lipinski definition) is 0. The van der Waals surface area contributed by atoms with Crippen molar-refractivity contribution in [3.63, 3.8) is 0 Å². The summed E-state index contributed by atoms with van der Waals surface area (Å²) < 4.78 is 0. The summed E-state index contributed by atoms with van der Waals surface area (Å²) in [5.74, 6) is 13.0. The van der Waals surface area contributed by atoms with Gasteiger partial charge in [-0.3, -0.25) is 0 Å². The third kappa shape index (κ3) is 8.97. The molecule has 2 aromatic carbocycles. The smallest absolute Gasteiger partial charge is 0.0758 e. The lowest BCUT2D eigenvalue weighted by atomic mass is 10.1. The summed E-state index contributed by atoms with van der Waals surface area (Å²) in [5.41, 5.74) is 2.15. The SMILES string of the molecule is BrC(C#Cc1ccccc1)CCCCCC(Br)C#Cc1ccccc1. The van der Waals surface area contributed by atoms with E-state index in [4.69, 9.17) is 0 Å². The average molecular weight is 458 g/mol. The Morgan fingerprint density at radius 1 is 0.600 bits per heavy atom. The monoisotopic (exact) mass is 456 g/mol. The molecule has 0 bridgehead atoms. The molecule has 0 aliphatic heterocycles. The molecule has 2 unspecified atom stereocenters. The highest BCUT2D eigenvalue weighted by atomic mass is 79.9. The number of rotatable bonds is 6. The van der Waals surface area contributed by atoms with Gasteiger partial charge in [-0.05, 0) is 37.1 Å². The normalized spacial score (nSPS) is 12.2. The van der Waals surface area contributed by atoms with E-state index >= 15 is 0 Å².